The number of carbonyl (C=O) groups is 1. The summed E-state index contributed by atoms with van der Waals surface area (Å²) in [5, 5.41) is 0. The van der Waals surface area contributed by atoms with Gasteiger partial charge in [0.1, 0.15) is 5.83 Å². The molecule has 1 aliphatic rings. The second-order valence-electron chi connectivity index (χ2n) is 3.25. The Hall–Kier alpha value is -1.18. The third-order valence-electron chi connectivity index (χ3n) is 1.83. The van der Waals surface area contributed by atoms with Crippen molar-refractivity contribution in [1.29, 1.82) is 0 Å². The molecule has 0 bridgehead atoms. The molecule has 0 heterocycles. The van der Waals surface area contributed by atoms with Crippen molar-refractivity contribution in [3.05, 3.63) is 35.2 Å². The van der Waals surface area contributed by atoms with Crippen LogP contribution in [0.25, 0.3) is 0 Å². The van der Waals surface area contributed by atoms with Crippen molar-refractivity contribution < 1.29 is 9.18 Å². The molecule has 0 N–H and O–H groups in total. The summed E-state index contributed by atoms with van der Waals surface area (Å²) in [5.41, 5.74) is 1.34. The van der Waals surface area contributed by atoms with E-state index in [9.17, 15) is 9.18 Å². The number of ketones is 1. The Morgan fingerprint density at radius 2 is 2.38 bits per heavy atom. The second-order valence-corrected chi connectivity index (χ2v) is 3.25. The lowest BCUT2D eigenvalue weighted by atomic mass is 9.99. The molecule has 69 valence electrons. The highest BCUT2D eigenvalue weighted by Gasteiger charge is 2.15. The number of Topliss-reactive ketones (excluding diaryl/α,β-unsaturated/α-hetero) is 1. The minimum Gasteiger partial charge on any atom is -0.294 e. The van der Waals surface area contributed by atoms with E-state index in [4.69, 9.17) is 0 Å². The van der Waals surface area contributed by atoms with Gasteiger partial charge in [-0.25, -0.2) is 4.39 Å². The van der Waals surface area contributed by atoms with E-state index in [-0.39, 0.29) is 17.8 Å². The van der Waals surface area contributed by atoms with Crippen LogP contribution in [0.2, 0.25) is 0 Å². The van der Waals surface area contributed by atoms with Crippen LogP contribution in [-0.4, -0.2) is 5.78 Å². The molecule has 0 spiro atoms. The lowest BCUT2D eigenvalue weighted by molar-refractivity contribution is -0.115. The fourth-order valence-electron chi connectivity index (χ4n) is 1.08. The maximum absolute atomic E-state index is 13.0. The lowest BCUT2D eigenvalue weighted by Crippen LogP contribution is -2.06. The van der Waals surface area contributed by atoms with Crippen LogP contribution in [0.15, 0.2) is 29.1 Å². The van der Waals surface area contributed by atoms with Crippen molar-refractivity contribution >= 4 is 5.78 Å². The SMILES string of the molecule is CC(C)=CCC1=C(F)[C]=CCC1=O. The number of hydrogen-bond donors (Lipinski definition) is 0. The van der Waals surface area contributed by atoms with Gasteiger partial charge < -0.3 is 0 Å². The largest absolute Gasteiger partial charge is 0.294 e. The Bertz CT molecular complexity index is 304. The molecule has 0 aromatic heterocycles. The summed E-state index contributed by atoms with van der Waals surface area (Å²) in [7, 11) is 0. The van der Waals surface area contributed by atoms with Gasteiger partial charge in [-0.15, -0.1) is 0 Å². The molecule has 1 aliphatic carbocycles. The molecule has 1 nitrogen and oxygen atoms in total. The van der Waals surface area contributed by atoms with Crippen LogP contribution in [0, 0.1) is 6.08 Å². The molecule has 1 radical (unpaired) electrons. The quantitative estimate of drug-likeness (QED) is 0.596. The second kappa shape index (κ2) is 4.17. The molecule has 0 fully saturated rings. The van der Waals surface area contributed by atoms with Crippen LogP contribution < -0.4 is 0 Å². The van der Waals surface area contributed by atoms with Gasteiger partial charge in [-0.2, -0.15) is 0 Å². The summed E-state index contributed by atoms with van der Waals surface area (Å²) in [5.74, 6) is -0.637. The first kappa shape index (κ1) is 9.90. The van der Waals surface area contributed by atoms with Gasteiger partial charge in [-0.3, -0.25) is 4.79 Å². The monoisotopic (exact) mass is 179 g/mol. The molecule has 0 aromatic carbocycles. The van der Waals surface area contributed by atoms with Gasteiger partial charge in [0, 0.05) is 18.1 Å². The lowest BCUT2D eigenvalue weighted by Gasteiger charge is -2.06. The minimum absolute atomic E-state index is 0.131. The van der Waals surface area contributed by atoms with Crippen molar-refractivity contribution in [3.63, 3.8) is 0 Å². The first-order valence-electron chi connectivity index (χ1n) is 4.24. The van der Waals surface area contributed by atoms with Gasteiger partial charge >= 0.3 is 0 Å². The molecule has 0 amide bonds. The highest BCUT2D eigenvalue weighted by molar-refractivity contribution is 5.98. The molecular formula is C11H12FO. The fourth-order valence-corrected chi connectivity index (χ4v) is 1.08. The van der Waals surface area contributed by atoms with E-state index < -0.39 is 5.83 Å². The highest BCUT2D eigenvalue weighted by Crippen LogP contribution is 2.20. The third-order valence-corrected chi connectivity index (χ3v) is 1.83. The zero-order chi connectivity index (χ0) is 9.84. The summed E-state index contributed by atoms with van der Waals surface area (Å²) in [6.07, 6.45) is 6.37. The van der Waals surface area contributed by atoms with E-state index >= 15 is 0 Å². The summed E-state index contributed by atoms with van der Waals surface area (Å²) in [4.78, 5) is 11.2. The Morgan fingerprint density at radius 3 is 2.92 bits per heavy atom. The van der Waals surface area contributed by atoms with Gasteiger partial charge in [-0.1, -0.05) is 17.7 Å². The maximum atomic E-state index is 13.0. The predicted molar refractivity (Wildman–Crippen MR) is 49.6 cm³/mol. The van der Waals surface area contributed by atoms with Crippen molar-refractivity contribution in [3.8, 4) is 0 Å². The van der Waals surface area contributed by atoms with E-state index in [2.05, 4.69) is 6.08 Å². The molecule has 1 rings (SSSR count). The average Bonchev–Trinajstić information content (AvgIpc) is 2.03. The van der Waals surface area contributed by atoms with Gasteiger partial charge in [0.2, 0.25) is 0 Å². The zero-order valence-corrected chi connectivity index (χ0v) is 7.86. The summed E-state index contributed by atoms with van der Waals surface area (Å²) in [6.45, 7) is 3.84. The van der Waals surface area contributed by atoms with Crippen LogP contribution in [0.1, 0.15) is 26.7 Å². The number of carbonyl (C=O) groups excluding carboxylic acids is 1. The molecule has 0 saturated carbocycles. The highest BCUT2D eigenvalue weighted by atomic mass is 19.1. The minimum atomic E-state index is -0.506. The average molecular weight is 179 g/mol. The molecular weight excluding hydrogens is 167 g/mol. The standard InChI is InChI=1S/C11H12FO/c1-8(2)6-7-9-10(12)4-3-5-11(9)13/h3,6H,5,7H2,1-2H3. The van der Waals surface area contributed by atoms with E-state index in [1.165, 1.54) is 6.08 Å². The van der Waals surface area contributed by atoms with Gasteiger partial charge in [0.05, 0.1) is 0 Å². The first-order valence-corrected chi connectivity index (χ1v) is 4.24. The Balaban J connectivity index is 2.81. The summed E-state index contributed by atoms with van der Waals surface area (Å²) >= 11 is 0. The van der Waals surface area contributed by atoms with Crippen molar-refractivity contribution in [1.82, 2.24) is 0 Å². The Labute approximate surface area is 77.6 Å². The third kappa shape index (κ3) is 2.65. The van der Waals surface area contributed by atoms with Crippen LogP contribution in [-0.2, 0) is 4.79 Å². The number of allylic oxidation sites excluding steroid dienone is 6. The molecule has 0 aromatic rings. The van der Waals surface area contributed by atoms with E-state index in [1.54, 1.807) is 0 Å². The first-order chi connectivity index (χ1) is 6.11. The molecule has 2 heteroatoms. The van der Waals surface area contributed by atoms with Crippen molar-refractivity contribution in [2.75, 3.05) is 0 Å². The van der Waals surface area contributed by atoms with Crippen molar-refractivity contribution in [2.45, 2.75) is 26.7 Å². The number of hydrogen-bond acceptors (Lipinski definition) is 1. The smallest absolute Gasteiger partial charge is 0.165 e. The molecule has 13 heavy (non-hydrogen) atoms. The molecule has 0 unspecified atom stereocenters. The van der Waals surface area contributed by atoms with Crippen LogP contribution >= 0.6 is 0 Å². The summed E-state index contributed by atoms with van der Waals surface area (Å²) in [6, 6.07) is 0. The molecule has 0 saturated heterocycles. The van der Waals surface area contributed by atoms with Crippen LogP contribution in [0.5, 0.6) is 0 Å². The van der Waals surface area contributed by atoms with Gasteiger partial charge in [0.15, 0.2) is 5.78 Å². The zero-order valence-electron chi connectivity index (χ0n) is 7.86. The normalized spacial score (nSPS) is 16.4. The van der Waals surface area contributed by atoms with Gasteiger partial charge in [-0.05, 0) is 20.3 Å². The molecule has 0 aliphatic heterocycles. The predicted octanol–water partition coefficient (Wildman–Crippen LogP) is 2.90. The number of halogens is 1. The number of rotatable bonds is 2. The fraction of sp³-hybridized carbons (Fsp3) is 0.364. The summed E-state index contributed by atoms with van der Waals surface area (Å²) < 4.78 is 13.0. The Kier molecular flexibility index (Phi) is 3.18. The molecule has 0 atom stereocenters. The van der Waals surface area contributed by atoms with E-state index in [0.29, 0.717) is 6.42 Å². The van der Waals surface area contributed by atoms with Gasteiger partial charge in [0.25, 0.3) is 0 Å². The maximum Gasteiger partial charge on any atom is 0.165 e. The van der Waals surface area contributed by atoms with E-state index in [1.807, 2.05) is 19.9 Å². The van der Waals surface area contributed by atoms with Crippen LogP contribution in [0.4, 0.5) is 4.39 Å². The Morgan fingerprint density at radius 1 is 1.69 bits per heavy atom. The van der Waals surface area contributed by atoms with Crippen molar-refractivity contribution in [2.24, 2.45) is 0 Å². The van der Waals surface area contributed by atoms with Crippen LogP contribution in [0.3, 0.4) is 0 Å². The van der Waals surface area contributed by atoms with E-state index in [0.717, 1.165) is 5.57 Å². The topological polar surface area (TPSA) is 17.1 Å².